The first-order chi connectivity index (χ1) is 34.1. The molecule has 0 fully saturated rings. The smallest absolute Gasteiger partial charge is 0.306 e. The Morgan fingerprint density at radius 3 is 1.26 bits per heavy atom. The summed E-state index contributed by atoms with van der Waals surface area (Å²) in [4.78, 5) is 37.1. The molecule has 0 saturated heterocycles. The number of likely N-dealkylation sites (N-methyl/N-ethyl adjacent to an activating group) is 1. The van der Waals surface area contributed by atoms with Crippen molar-refractivity contribution in [1.82, 2.24) is 0 Å². The van der Waals surface area contributed by atoms with Crippen molar-refractivity contribution in [3.05, 3.63) is 134 Å². The number of carboxylic acids is 1. The first-order valence-electron chi connectivity index (χ1n) is 26.8. The fraction of sp³-hybridized carbons (Fsp3) is 0.590. The van der Waals surface area contributed by atoms with Gasteiger partial charge in [0.1, 0.15) is 13.2 Å². The Hall–Kier alpha value is -4.57. The molecule has 0 aromatic heterocycles. The summed E-state index contributed by atoms with van der Waals surface area (Å²) >= 11 is 0. The molecule has 0 aliphatic carbocycles. The lowest BCUT2D eigenvalue weighted by atomic mass is 10.1. The maximum absolute atomic E-state index is 12.8. The van der Waals surface area contributed by atoms with Crippen LogP contribution >= 0.6 is 0 Å². The summed E-state index contributed by atoms with van der Waals surface area (Å²) in [6.45, 7) is 4.51. The van der Waals surface area contributed by atoms with Crippen LogP contribution in [-0.4, -0.2) is 82.3 Å². The highest BCUT2D eigenvalue weighted by Crippen LogP contribution is 2.12. The van der Waals surface area contributed by atoms with E-state index in [1.807, 2.05) is 21.1 Å². The maximum atomic E-state index is 12.8. The van der Waals surface area contributed by atoms with E-state index in [4.69, 9.17) is 18.9 Å². The van der Waals surface area contributed by atoms with Gasteiger partial charge in [0.2, 0.25) is 0 Å². The van der Waals surface area contributed by atoms with E-state index in [-0.39, 0.29) is 38.6 Å². The third kappa shape index (κ3) is 51.3. The second-order valence-corrected chi connectivity index (χ2v) is 18.4. The number of ether oxygens (including phenoxy) is 4. The molecule has 0 bridgehead atoms. The molecule has 0 spiro atoms. The Morgan fingerprint density at radius 1 is 0.443 bits per heavy atom. The number of hydrogen-bond acceptors (Lipinski definition) is 8. The molecule has 0 heterocycles. The highest BCUT2D eigenvalue weighted by Gasteiger charge is 2.21. The van der Waals surface area contributed by atoms with E-state index in [9.17, 15) is 19.5 Å². The van der Waals surface area contributed by atoms with Crippen molar-refractivity contribution >= 4 is 17.9 Å². The number of aliphatic carboxylic acids is 1. The molecule has 0 amide bonds. The van der Waals surface area contributed by atoms with Crippen LogP contribution in [0.25, 0.3) is 0 Å². The monoisotopic (exact) mass is 972 g/mol. The van der Waals surface area contributed by atoms with Crippen molar-refractivity contribution < 1.29 is 42.9 Å². The zero-order valence-corrected chi connectivity index (χ0v) is 44.6. The van der Waals surface area contributed by atoms with Crippen molar-refractivity contribution in [2.45, 2.75) is 187 Å². The Labute approximate surface area is 427 Å². The second kappa shape index (κ2) is 50.8. The Kier molecular flexibility index (Phi) is 47.5. The number of carbonyl (C=O) groups excluding carboxylic acids is 3. The normalized spacial score (nSPS) is 13.9. The quantitative estimate of drug-likeness (QED) is 0.0195. The van der Waals surface area contributed by atoms with Gasteiger partial charge in [-0.05, 0) is 116 Å². The van der Waals surface area contributed by atoms with Crippen molar-refractivity contribution in [2.75, 3.05) is 47.5 Å². The van der Waals surface area contributed by atoms with E-state index in [0.29, 0.717) is 23.9 Å². The molecule has 0 rings (SSSR count). The number of carboxylic acid groups (broad SMARTS) is 1. The van der Waals surface area contributed by atoms with Gasteiger partial charge in [-0.15, -0.1) is 0 Å². The minimum atomic E-state index is -1.64. The lowest BCUT2D eigenvalue weighted by molar-refractivity contribution is -0.870. The summed E-state index contributed by atoms with van der Waals surface area (Å²) in [6, 6.07) is 0. The minimum Gasteiger partial charge on any atom is -0.545 e. The van der Waals surface area contributed by atoms with Gasteiger partial charge in [0.05, 0.1) is 40.3 Å². The van der Waals surface area contributed by atoms with Crippen LogP contribution in [0.3, 0.4) is 0 Å². The average molecular weight is 972 g/mol. The molecule has 0 N–H and O–H groups in total. The van der Waals surface area contributed by atoms with Crippen LogP contribution in [0.15, 0.2) is 134 Å². The molecule has 394 valence electrons. The van der Waals surface area contributed by atoms with Crippen LogP contribution in [-0.2, 0) is 33.3 Å². The molecule has 0 aromatic rings. The molecule has 0 aliphatic heterocycles. The molecular formula is C61H97NO8. The summed E-state index contributed by atoms with van der Waals surface area (Å²) in [5.74, 6) is -2.38. The van der Waals surface area contributed by atoms with Gasteiger partial charge in [0.15, 0.2) is 12.4 Å². The predicted octanol–water partition coefficient (Wildman–Crippen LogP) is 14.2. The molecule has 0 saturated carbocycles. The van der Waals surface area contributed by atoms with Gasteiger partial charge in [-0.2, -0.15) is 0 Å². The highest BCUT2D eigenvalue weighted by molar-refractivity contribution is 5.70. The van der Waals surface area contributed by atoms with Gasteiger partial charge in [-0.25, -0.2) is 0 Å². The molecule has 0 aliphatic rings. The zero-order valence-electron chi connectivity index (χ0n) is 44.6. The maximum Gasteiger partial charge on any atom is 0.306 e. The summed E-state index contributed by atoms with van der Waals surface area (Å²) in [7, 11) is 5.88. The van der Waals surface area contributed by atoms with Crippen molar-refractivity contribution in [2.24, 2.45) is 0 Å². The molecule has 9 heteroatoms. The number of allylic oxidation sites excluding steroid dienone is 22. The number of esters is 2. The first kappa shape index (κ1) is 65.4. The van der Waals surface area contributed by atoms with Gasteiger partial charge in [-0.1, -0.05) is 180 Å². The van der Waals surface area contributed by atoms with Gasteiger partial charge < -0.3 is 33.3 Å². The van der Waals surface area contributed by atoms with Gasteiger partial charge in [0.25, 0.3) is 0 Å². The van der Waals surface area contributed by atoms with Crippen molar-refractivity contribution in [3.63, 3.8) is 0 Å². The first-order valence-corrected chi connectivity index (χ1v) is 26.8. The van der Waals surface area contributed by atoms with E-state index in [0.717, 1.165) is 116 Å². The van der Waals surface area contributed by atoms with E-state index in [1.54, 1.807) is 0 Å². The second-order valence-electron chi connectivity index (χ2n) is 18.4. The van der Waals surface area contributed by atoms with E-state index < -0.39 is 24.3 Å². The van der Waals surface area contributed by atoms with E-state index >= 15 is 0 Å². The molecule has 9 nitrogen and oxygen atoms in total. The van der Waals surface area contributed by atoms with Crippen LogP contribution in [0, 0.1) is 0 Å². The molecule has 2 atom stereocenters. The molecule has 0 aromatic carbocycles. The standard InChI is InChI=1S/C61H97NO8/c1-6-8-10-12-14-16-18-20-21-22-23-24-25-26-27-28-29-30-31-32-33-34-35-36-37-38-39-40-42-44-46-48-50-52-59(64)70-57(56-69-61(60(65)66)67-54-53-62(3,4)5)55-68-58(63)51-49-47-45-43-41-19-17-15-13-11-9-7-2/h8,10,14-17,20-21,23-24,26-27,29-30,32-33,35-36,38-39,42,44,57,61H,6-7,9,11-13,18-19,22,25,28,31,34,37,40-41,43,45-56H2,1-5H3/b10-8-,16-14-,17-15-,21-20-,24-23-,27-26-,30-29-,33-32-,36-35-,39-38-,44-42-. The third-order valence-electron chi connectivity index (χ3n) is 10.6. The largest absolute Gasteiger partial charge is 0.545 e. The van der Waals surface area contributed by atoms with Crippen LogP contribution in [0.5, 0.6) is 0 Å². The van der Waals surface area contributed by atoms with Crippen LogP contribution in [0.4, 0.5) is 0 Å². The number of hydrogen-bond donors (Lipinski definition) is 0. The number of nitrogens with zero attached hydrogens (tertiary/aromatic N) is 1. The summed E-state index contributed by atoms with van der Waals surface area (Å²) in [6.07, 6.45) is 69.3. The van der Waals surface area contributed by atoms with Crippen LogP contribution < -0.4 is 5.11 Å². The number of carbonyl (C=O) groups is 3. The van der Waals surface area contributed by atoms with E-state index in [1.165, 1.54) is 19.3 Å². The molecule has 70 heavy (non-hydrogen) atoms. The van der Waals surface area contributed by atoms with Crippen molar-refractivity contribution in [1.29, 1.82) is 0 Å². The Bertz CT molecular complexity index is 1600. The Morgan fingerprint density at radius 2 is 0.814 bits per heavy atom. The van der Waals surface area contributed by atoms with Gasteiger partial charge >= 0.3 is 11.9 Å². The average Bonchev–Trinajstić information content (AvgIpc) is 3.33. The number of rotatable bonds is 47. The highest BCUT2D eigenvalue weighted by atomic mass is 16.7. The summed E-state index contributed by atoms with van der Waals surface area (Å²) < 4.78 is 22.5. The third-order valence-corrected chi connectivity index (χ3v) is 10.6. The molecule has 0 radical (unpaired) electrons. The summed E-state index contributed by atoms with van der Waals surface area (Å²) in [5, 5.41) is 11.7. The predicted molar refractivity (Wildman–Crippen MR) is 292 cm³/mol. The fourth-order valence-corrected chi connectivity index (χ4v) is 6.50. The minimum absolute atomic E-state index is 0.130. The number of quaternary nitrogens is 1. The van der Waals surface area contributed by atoms with Gasteiger partial charge in [0, 0.05) is 12.8 Å². The lowest BCUT2D eigenvalue weighted by Crippen LogP contribution is -2.44. The fourth-order valence-electron chi connectivity index (χ4n) is 6.50. The number of unbranched alkanes of at least 4 members (excludes halogenated alkanes) is 10. The van der Waals surface area contributed by atoms with Crippen LogP contribution in [0.2, 0.25) is 0 Å². The molecular weight excluding hydrogens is 875 g/mol. The molecule has 2 unspecified atom stereocenters. The van der Waals surface area contributed by atoms with Crippen molar-refractivity contribution in [3.8, 4) is 0 Å². The summed E-state index contributed by atoms with van der Waals surface area (Å²) in [5.41, 5.74) is 0. The van der Waals surface area contributed by atoms with Crippen LogP contribution in [0.1, 0.15) is 174 Å². The lowest BCUT2D eigenvalue weighted by Gasteiger charge is -2.26. The Balaban J connectivity index is 4.37. The van der Waals surface area contributed by atoms with E-state index in [2.05, 4.69) is 148 Å². The zero-order chi connectivity index (χ0) is 51.3. The topological polar surface area (TPSA) is 111 Å². The SMILES string of the molecule is CC/C=C\C/C=C\C/C=C\C/C=C\C/C=C\C/C=C\C/C=C\C/C=C\C/C=C\C/C=C\CCCCC(=O)OC(COC(=O)CCCCCCC/C=C\CCCCC)COC(OCC[N+](C)(C)C)C(=O)[O-]. The van der Waals surface area contributed by atoms with Gasteiger partial charge in [-0.3, -0.25) is 9.59 Å².